The van der Waals surface area contributed by atoms with Crippen LogP contribution in [0.1, 0.15) is 11.1 Å². The van der Waals surface area contributed by atoms with Crippen LogP contribution in [0.2, 0.25) is 0 Å². The van der Waals surface area contributed by atoms with E-state index < -0.39 is 0 Å². The Hall–Kier alpha value is -1.85. The number of carbonyl (C=O) groups is 1. The van der Waals surface area contributed by atoms with Gasteiger partial charge in [0.2, 0.25) is 0 Å². The summed E-state index contributed by atoms with van der Waals surface area (Å²) in [5.74, 6) is 0.599. The summed E-state index contributed by atoms with van der Waals surface area (Å²) < 4.78 is 1.02. The minimum atomic E-state index is -0.103. The number of nitrogens with one attached hydrogen (secondary N) is 1. The van der Waals surface area contributed by atoms with Crippen molar-refractivity contribution in [1.29, 1.82) is 0 Å². The Balaban J connectivity index is 1.93. The quantitative estimate of drug-likeness (QED) is 0.778. The van der Waals surface area contributed by atoms with Gasteiger partial charge in [-0.25, -0.2) is 4.99 Å². The molecule has 5 heteroatoms. The minimum absolute atomic E-state index is 0.103. The third-order valence-electron chi connectivity index (χ3n) is 3.10. The first kappa shape index (κ1) is 15.1. The van der Waals surface area contributed by atoms with E-state index in [1.165, 1.54) is 5.56 Å². The highest BCUT2D eigenvalue weighted by Gasteiger charge is 2.23. The molecule has 22 heavy (non-hydrogen) atoms. The molecule has 3 rings (SSSR count). The van der Waals surface area contributed by atoms with Crippen LogP contribution < -0.4 is 5.32 Å². The fourth-order valence-electron chi connectivity index (χ4n) is 1.97. The molecule has 1 heterocycles. The number of aryl methyl sites for hydroxylation is 1. The fourth-order valence-corrected chi connectivity index (χ4v) is 2.97. The molecule has 2 aromatic rings. The number of rotatable bonds is 2. The summed E-state index contributed by atoms with van der Waals surface area (Å²) in [6, 6.07) is 15.8. The lowest BCUT2D eigenvalue weighted by molar-refractivity contribution is 0.265. The van der Waals surface area contributed by atoms with E-state index in [1.807, 2.05) is 61.5 Å². The second-order valence-corrected chi connectivity index (χ2v) is 6.80. The summed E-state index contributed by atoms with van der Waals surface area (Å²) in [5, 5.41) is 2.69. The number of amides is 1. The lowest BCUT2D eigenvalue weighted by atomic mass is 10.2. The average Bonchev–Trinajstić information content (AvgIpc) is 2.83. The maximum atomic E-state index is 11.7. The van der Waals surface area contributed by atoms with Crippen LogP contribution in [0.5, 0.6) is 0 Å². The zero-order valence-electron chi connectivity index (χ0n) is 11.8. The molecule has 1 fully saturated rings. The van der Waals surface area contributed by atoms with Gasteiger partial charge in [0.25, 0.3) is 5.24 Å². The Morgan fingerprint density at radius 1 is 1.09 bits per heavy atom. The van der Waals surface area contributed by atoms with Gasteiger partial charge in [-0.2, -0.15) is 0 Å². The first-order valence-electron chi connectivity index (χ1n) is 6.72. The highest BCUT2D eigenvalue weighted by molar-refractivity contribution is 9.10. The number of thioether (sulfide) groups is 1. The molecule has 1 saturated heterocycles. The molecule has 1 amide bonds. The largest absolute Gasteiger partial charge is 0.300 e. The topological polar surface area (TPSA) is 41.5 Å². The molecule has 2 aromatic carbocycles. The molecule has 0 radical (unpaired) electrons. The van der Waals surface area contributed by atoms with Gasteiger partial charge in [0, 0.05) is 4.47 Å². The number of halogens is 1. The Labute approximate surface area is 141 Å². The third kappa shape index (κ3) is 3.67. The van der Waals surface area contributed by atoms with Crippen LogP contribution >= 0.6 is 27.7 Å². The molecule has 1 aliphatic rings. The molecule has 0 aromatic heterocycles. The smallest absolute Gasteiger partial charge is 0.289 e. The maximum Gasteiger partial charge on any atom is 0.289 e. The van der Waals surface area contributed by atoms with Crippen molar-refractivity contribution in [3.8, 4) is 0 Å². The fraction of sp³-hybridized carbons (Fsp3) is 0.0588. The highest BCUT2D eigenvalue weighted by Crippen LogP contribution is 2.28. The van der Waals surface area contributed by atoms with E-state index in [2.05, 4.69) is 26.2 Å². The van der Waals surface area contributed by atoms with Crippen LogP contribution in [-0.2, 0) is 0 Å². The monoisotopic (exact) mass is 372 g/mol. The molecule has 1 N–H and O–H groups in total. The predicted molar refractivity (Wildman–Crippen MR) is 96.5 cm³/mol. The molecule has 0 saturated carbocycles. The van der Waals surface area contributed by atoms with Crippen molar-refractivity contribution in [1.82, 2.24) is 5.32 Å². The summed E-state index contributed by atoms with van der Waals surface area (Å²) in [5.41, 5.74) is 3.03. The molecular formula is C17H13BrN2OS. The van der Waals surface area contributed by atoms with Gasteiger partial charge in [-0.05, 0) is 54.6 Å². The molecule has 110 valence electrons. The second kappa shape index (κ2) is 6.50. The molecule has 1 aliphatic heterocycles. The van der Waals surface area contributed by atoms with Crippen LogP contribution in [0.25, 0.3) is 6.08 Å². The summed E-state index contributed by atoms with van der Waals surface area (Å²) in [4.78, 5) is 17.0. The zero-order valence-corrected chi connectivity index (χ0v) is 14.2. The van der Waals surface area contributed by atoms with Crippen LogP contribution in [0, 0.1) is 6.92 Å². The van der Waals surface area contributed by atoms with Crippen molar-refractivity contribution in [2.45, 2.75) is 6.92 Å². The molecule has 0 atom stereocenters. The van der Waals surface area contributed by atoms with E-state index in [0.717, 1.165) is 32.4 Å². The van der Waals surface area contributed by atoms with Crippen molar-refractivity contribution in [3.05, 3.63) is 69.0 Å². The standard InChI is InChI=1S/C17H13BrN2OS/c1-11-2-8-14(9-3-11)19-16-15(22-17(21)20-16)10-12-4-6-13(18)7-5-12/h2-10H,1H3,(H,19,20,21)/b15-10-. The Bertz CT molecular complexity index is 699. The van der Waals surface area contributed by atoms with Crippen LogP contribution in [0.4, 0.5) is 10.5 Å². The normalized spacial score (nSPS) is 18.0. The van der Waals surface area contributed by atoms with E-state index in [9.17, 15) is 4.79 Å². The molecule has 0 spiro atoms. The number of hydrogen-bond acceptors (Lipinski definition) is 3. The summed E-state index contributed by atoms with van der Waals surface area (Å²) >= 11 is 4.58. The Morgan fingerprint density at radius 2 is 1.77 bits per heavy atom. The molecule has 0 unspecified atom stereocenters. The van der Waals surface area contributed by atoms with Crippen LogP contribution in [0.15, 0.2) is 62.9 Å². The molecule has 0 aliphatic carbocycles. The van der Waals surface area contributed by atoms with E-state index in [4.69, 9.17) is 0 Å². The van der Waals surface area contributed by atoms with Crippen LogP contribution in [-0.4, -0.2) is 11.1 Å². The van der Waals surface area contributed by atoms with Gasteiger partial charge in [-0.1, -0.05) is 45.8 Å². The van der Waals surface area contributed by atoms with Crippen molar-refractivity contribution in [3.63, 3.8) is 0 Å². The summed E-state index contributed by atoms with van der Waals surface area (Å²) in [6.45, 7) is 2.03. The number of nitrogens with zero attached hydrogens (tertiary/aromatic N) is 1. The van der Waals surface area contributed by atoms with E-state index in [1.54, 1.807) is 0 Å². The van der Waals surface area contributed by atoms with Crippen molar-refractivity contribution < 1.29 is 4.79 Å². The van der Waals surface area contributed by atoms with E-state index in [-0.39, 0.29) is 5.24 Å². The summed E-state index contributed by atoms with van der Waals surface area (Å²) in [6.07, 6.45) is 1.96. The number of hydrogen-bond donors (Lipinski definition) is 1. The SMILES string of the molecule is Cc1ccc(N=C2NC(=O)S/C2=C\c2ccc(Br)cc2)cc1. The predicted octanol–water partition coefficient (Wildman–Crippen LogP) is 5.29. The third-order valence-corrected chi connectivity index (χ3v) is 4.45. The minimum Gasteiger partial charge on any atom is -0.300 e. The lowest BCUT2D eigenvalue weighted by Crippen LogP contribution is -2.18. The van der Waals surface area contributed by atoms with E-state index in [0.29, 0.717) is 5.84 Å². The van der Waals surface area contributed by atoms with Gasteiger partial charge < -0.3 is 5.32 Å². The second-order valence-electron chi connectivity index (χ2n) is 4.87. The highest BCUT2D eigenvalue weighted by atomic mass is 79.9. The van der Waals surface area contributed by atoms with Crippen molar-refractivity contribution in [2.24, 2.45) is 4.99 Å². The molecule has 3 nitrogen and oxygen atoms in total. The number of amidine groups is 1. The number of carbonyl (C=O) groups excluding carboxylic acids is 1. The van der Waals surface area contributed by atoms with Gasteiger partial charge >= 0.3 is 0 Å². The average molecular weight is 373 g/mol. The van der Waals surface area contributed by atoms with Gasteiger partial charge in [0.1, 0.15) is 5.84 Å². The maximum absolute atomic E-state index is 11.7. The van der Waals surface area contributed by atoms with Gasteiger partial charge in [-0.15, -0.1) is 0 Å². The molecule has 0 bridgehead atoms. The first-order chi connectivity index (χ1) is 10.6. The molecular weight excluding hydrogens is 360 g/mol. The summed E-state index contributed by atoms with van der Waals surface area (Å²) in [7, 11) is 0. The van der Waals surface area contributed by atoms with Crippen molar-refractivity contribution >= 4 is 50.5 Å². The van der Waals surface area contributed by atoms with Gasteiger partial charge in [0.05, 0.1) is 10.6 Å². The first-order valence-corrected chi connectivity index (χ1v) is 8.33. The van der Waals surface area contributed by atoms with Crippen molar-refractivity contribution in [2.75, 3.05) is 0 Å². The Kier molecular flexibility index (Phi) is 4.45. The van der Waals surface area contributed by atoms with Gasteiger partial charge in [-0.3, -0.25) is 4.79 Å². The van der Waals surface area contributed by atoms with Gasteiger partial charge in [0.15, 0.2) is 0 Å². The van der Waals surface area contributed by atoms with E-state index >= 15 is 0 Å². The lowest BCUT2D eigenvalue weighted by Gasteiger charge is -2.01. The number of aliphatic imine (C=N–C) groups is 1. The zero-order chi connectivity index (χ0) is 15.5. The number of benzene rings is 2. The Morgan fingerprint density at radius 3 is 2.45 bits per heavy atom. The van der Waals surface area contributed by atoms with Crippen LogP contribution in [0.3, 0.4) is 0 Å².